The molecule has 0 N–H and O–H groups in total. The summed E-state index contributed by atoms with van der Waals surface area (Å²) < 4.78 is 5.57. The Morgan fingerprint density at radius 2 is 1.96 bits per heavy atom. The summed E-state index contributed by atoms with van der Waals surface area (Å²) in [5.41, 5.74) is 2.12. The number of ether oxygens (including phenoxy) is 1. The van der Waals surface area contributed by atoms with Crippen LogP contribution >= 0.6 is 0 Å². The minimum Gasteiger partial charge on any atom is -0.463 e. The van der Waals surface area contributed by atoms with Crippen LogP contribution < -0.4 is 0 Å². The van der Waals surface area contributed by atoms with Gasteiger partial charge in [0.05, 0.1) is 6.07 Å². The van der Waals surface area contributed by atoms with Gasteiger partial charge in [0.25, 0.3) is 0 Å². The molecular weight excluding hydrogens is 322 g/mol. The maximum atomic E-state index is 11.4. The molecule has 0 amide bonds. The van der Waals surface area contributed by atoms with E-state index in [2.05, 4.69) is 19.9 Å². The number of nitriles is 1. The third-order valence-electron chi connectivity index (χ3n) is 9.04. The van der Waals surface area contributed by atoms with Crippen LogP contribution in [-0.4, -0.2) is 12.1 Å². The van der Waals surface area contributed by atoms with E-state index in [1.54, 1.807) is 6.92 Å². The van der Waals surface area contributed by atoms with Crippen LogP contribution in [0, 0.1) is 45.8 Å². The van der Waals surface area contributed by atoms with Gasteiger partial charge < -0.3 is 4.74 Å². The predicted molar refractivity (Wildman–Crippen MR) is 101 cm³/mol. The van der Waals surface area contributed by atoms with Gasteiger partial charge in [0.1, 0.15) is 6.10 Å². The molecule has 3 heteroatoms. The van der Waals surface area contributed by atoms with Gasteiger partial charge in [-0.05, 0) is 92.3 Å². The summed E-state index contributed by atoms with van der Waals surface area (Å²) >= 11 is 0. The highest BCUT2D eigenvalue weighted by Gasteiger charge is 2.59. The summed E-state index contributed by atoms with van der Waals surface area (Å²) in [6.45, 7) is 6.53. The number of nitrogens with zero attached hydrogens (tertiary/aromatic N) is 1. The lowest BCUT2D eigenvalue weighted by Crippen LogP contribution is -2.53. The Morgan fingerprint density at radius 1 is 1.15 bits per heavy atom. The van der Waals surface area contributed by atoms with E-state index in [-0.39, 0.29) is 17.5 Å². The average molecular weight is 356 g/mol. The van der Waals surface area contributed by atoms with Crippen molar-refractivity contribution in [1.29, 1.82) is 5.26 Å². The SMILES string of the molecule is CC(=O)O[C@H]1CC[C@@]2(C)[C@H](CC[C@@H]3[C@@H]2CC[C@]2(C)/C(=C\C#N)CC[C@@H]32)C1. The predicted octanol–water partition coefficient (Wildman–Crippen LogP) is 5.41. The second-order valence-corrected chi connectivity index (χ2v) is 9.96. The Labute approximate surface area is 158 Å². The fourth-order valence-corrected chi connectivity index (χ4v) is 7.72. The number of hydrogen-bond donors (Lipinski definition) is 0. The monoisotopic (exact) mass is 355 g/mol. The molecule has 0 unspecified atom stereocenters. The number of esters is 1. The van der Waals surface area contributed by atoms with Crippen LogP contribution in [0.4, 0.5) is 0 Å². The fraction of sp³-hybridized carbons (Fsp3) is 0.826. The maximum absolute atomic E-state index is 11.4. The molecule has 4 aliphatic carbocycles. The molecule has 0 saturated heterocycles. The molecule has 0 aromatic heterocycles. The van der Waals surface area contributed by atoms with Crippen molar-refractivity contribution in [1.82, 2.24) is 0 Å². The summed E-state index contributed by atoms with van der Waals surface area (Å²) in [7, 11) is 0. The van der Waals surface area contributed by atoms with Crippen molar-refractivity contribution >= 4 is 5.97 Å². The molecule has 142 valence electrons. The Balaban J connectivity index is 1.55. The maximum Gasteiger partial charge on any atom is 0.302 e. The fourth-order valence-electron chi connectivity index (χ4n) is 7.72. The van der Waals surface area contributed by atoms with Crippen LogP contribution in [-0.2, 0) is 9.53 Å². The molecule has 0 radical (unpaired) electrons. The number of hydrogen-bond acceptors (Lipinski definition) is 3. The highest BCUT2D eigenvalue weighted by Crippen LogP contribution is 2.67. The first-order chi connectivity index (χ1) is 12.4. The largest absolute Gasteiger partial charge is 0.463 e. The smallest absolute Gasteiger partial charge is 0.302 e. The quantitative estimate of drug-likeness (QED) is 0.467. The van der Waals surface area contributed by atoms with Crippen LogP contribution in [0.15, 0.2) is 11.6 Å². The van der Waals surface area contributed by atoms with Gasteiger partial charge in [0.2, 0.25) is 0 Å². The van der Waals surface area contributed by atoms with Crippen LogP contribution in [0.25, 0.3) is 0 Å². The van der Waals surface area contributed by atoms with Crippen molar-refractivity contribution in [2.24, 2.45) is 34.5 Å². The summed E-state index contributed by atoms with van der Waals surface area (Å²) in [4.78, 5) is 11.4. The van der Waals surface area contributed by atoms with Crippen molar-refractivity contribution in [2.75, 3.05) is 0 Å². The van der Waals surface area contributed by atoms with E-state index >= 15 is 0 Å². The normalized spacial score (nSPS) is 48.8. The van der Waals surface area contributed by atoms with Crippen molar-refractivity contribution in [3.8, 4) is 6.07 Å². The van der Waals surface area contributed by atoms with Crippen molar-refractivity contribution in [2.45, 2.75) is 84.7 Å². The Bertz CT molecular complexity index is 662. The van der Waals surface area contributed by atoms with E-state index in [0.717, 1.165) is 37.0 Å². The molecular formula is C23H33NO2. The molecule has 4 rings (SSSR count). The topological polar surface area (TPSA) is 50.1 Å². The Kier molecular flexibility index (Phi) is 4.45. The Morgan fingerprint density at radius 3 is 2.69 bits per heavy atom. The molecule has 0 aromatic rings. The van der Waals surface area contributed by atoms with E-state index in [0.29, 0.717) is 11.3 Å². The molecule has 0 aliphatic heterocycles. The summed E-state index contributed by atoms with van der Waals surface area (Å²) in [6, 6.07) is 2.31. The van der Waals surface area contributed by atoms with Gasteiger partial charge in [-0.2, -0.15) is 5.26 Å². The van der Waals surface area contributed by atoms with Gasteiger partial charge in [-0.15, -0.1) is 0 Å². The molecule has 0 spiro atoms. The number of fused-ring (bicyclic) bond motifs is 5. The van der Waals surface area contributed by atoms with Gasteiger partial charge in [-0.1, -0.05) is 19.4 Å². The van der Waals surface area contributed by atoms with Gasteiger partial charge in [0.15, 0.2) is 0 Å². The minimum absolute atomic E-state index is 0.122. The first-order valence-corrected chi connectivity index (χ1v) is 10.6. The van der Waals surface area contributed by atoms with Gasteiger partial charge in [-0.25, -0.2) is 0 Å². The number of rotatable bonds is 1. The molecule has 0 heterocycles. The van der Waals surface area contributed by atoms with Crippen molar-refractivity contribution in [3.05, 3.63) is 11.6 Å². The molecule has 26 heavy (non-hydrogen) atoms. The molecule has 3 nitrogen and oxygen atoms in total. The van der Waals surface area contributed by atoms with E-state index in [1.807, 2.05) is 6.08 Å². The number of carbonyl (C=O) groups is 1. The van der Waals surface area contributed by atoms with Crippen molar-refractivity contribution < 1.29 is 9.53 Å². The average Bonchev–Trinajstić information content (AvgIpc) is 2.92. The van der Waals surface area contributed by atoms with Crippen LogP contribution in [0.5, 0.6) is 0 Å². The van der Waals surface area contributed by atoms with Gasteiger partial charge >= 0.3 is 5.97 Å². The first kappa shape index (κ1) is 18.1. The van der Waals surface area contributed by atoms with Gasteiger partial charge in [-0.3, -0.25) is 4.79 Å². The highest BCUT2D eigenvalue weighted by molar-refractivity contribution is 5.66. The lowest BCUT2D eigenvalue weighted by atomic mass is 9.45. The zero-order valence-corrected chi connectivity index (χ0v) is 16.6. The molecule has 4 fully saturated rings. The van der Waals surface area contributed by atoms with E-state index in [9.17, 15) is 10.1 Å². The third-order valence-corrected chi connectivity index (χ3v) is 9.04. The summed E-state index contributed by atoms with van der Waals surface area (Å²) in [6.07, 6.45) is 12.9. The lowest BCUT2D eigenvalue weighted by molar-refractivity contribution is -0.158. The summed E-state index contributed by atoms with van der Waals surface area (Å²) in [5.74, 6) is 3.00. The first-order valence-electron chi connectivity index (χ1n) is 10.6. The molecule has 4 saturated carbocycles. The van der Waals surface area contributed by atoms with Crippen LogP contribution in [0.2, 0.25) is 0 Å². The van der Waals surface area contributed by atoms with Crippen LogP contribution in [0.1, 0.15) is 78.6 Å². The minimum atomic E-state index is -0.122. The van der Waals surface area contributed by atoms with E-state index in [1.165, 1.54) is 44.1 Å². The third kappa shape index (κ3) is 2.63. The van der Waals surface area contributed by atoms with E-state index in [4.69, 9.17) is 4.74 Å². The van der Waals surface area contributed by atoms with E-state index < -0.39 is 0 Å². The Hall–Kier alpha value is -1.30. The molecule has 4 aliphatic rings. The second-order valence-electron chi connectivity index (χ2n) is 9.96. The zero-order chi connectivity index (χ0) is 18.5. The molecule has 0 bridgehead atoms. The zero-order valence-electron chi connectivity index (χ0n) is 16.6. The number of allylic oxidation sites excluding steroid dienone is 2. The molecule has 0 aromatic carbocycles. The number of carbonyl (C=O) groups excluding carboxylic acids is 1. The van der Waals surface area contributed by atoms with Gasteiger partial charge in [0, 0.05) is 13.0 Å². The second kappa shape index (κ2) is 6.39. The molecule has 7 atom stereocenters. The van der Waals surface area contributed by atoms with Crippen LogP contribution in [0.3, 0.4) is 0 Å². The highest BCUT2D eigenvalue weighted by atomic mass is 16.5. The standard InChI is InChI=1S/C23H33NO2/c1-15(25)26-18-8-11-23(3)17(14-18)4-6-19-20-7-5-16(10-13-24)22(20,2)12-9-21(19)23/h10,17-21H,4-9,11-12,14H2,1-3H3/b16-10-/t17-,18+,19+,20+,21+,22-,23+/m1/s1. The summed E-state index contributed by atoms with van der Waals surface area (Å²) in [5, 5.41) is 9.18. The lowest BCUT2D eigenvalue weighted by Gasteiger charge is -2.60. The van der Waals surface area contributed by atoms with Crippen molar-refractivity contribution in [3.63, 3.8) is 0 Å².